The van der Waals surface area contributed by atoms with Gasteiger partial charge in [0.1, 0.15) is 0 Å². The van der Waals surface area contributed by atoms with E-state index in [0.29, 0.717) is 11.8 Å². The molecule has 0 amide bonds. The van der Waals surface area contributed by atoms with E-state index in [4.69, 9.17) is 9.40 Å². The molecule has 4 nitrogen and oxygen atoms in total. The van der Waals surface area contributed by atoms with Gasteiger partial charge in [-0.05, 0) is 46.9 Å². The van der Waals surface area contributed by atoms with Gasteiger partial charge in [0.2, 0.25) is 0 Å². The summed E-state index contributed by atoms with van der Waals surface area (Å²) in [5.41, 5.74) is 9.77. The third-order valence-corrected chi connectivity index (χ3v) is 10.4. The van der Waals surface area contributed by atoms with Crippen molar-refractivity contribution in [2.75, 3.05) is 0 Å². The van der Waals surface area contributed by atoms with Gasteiger partial charge in [-0.15, -0.1) is 42.0 Å². The average Bonchev–Trinajstić information content (AvgIpc) is 3.66. The zero-order valence-electron chi connectivity index (χ0n) is 28.1. The minimum absolute atomic E-state index is 0. The molecule has 47 heavy (non-hydrogen) atoms. The normalized spacial score (nSPS) is 11.5. The summed E-state index contributed by atoms with van der Waals surface area (Å²) >= 11 is 0. The van der Waals surface area contributed by atoms with Crippen molar-refractivity contribution in [2.45, 2.75) is 59.2 Å². The summed E-state index contributed by atoms with van der Waals surface area (Å²) in [6, 6.07) is 38.5. The summed E-state index contributed by atoms with van der Waals surface area (Å²) in [7, 11) is -1.49. The second kappa shape index (κ2) is 14.3. The Kier molecular flexibility index (Phi) is 10.5. The minimum Gasteiger partial charge on any atom is -0.557 e. The van der Waals surface area contributed by atoms with Gasteiger partial charge in [0.25, 0.3) is 0 Å². The summed E-state index contributed by atoms with van der Waals surface area (Å²) in [5, 5.41) is 2.49. The summed E-state index contributed by atoms with van der Waals surface area (Å²) in [5.74, 6) is 1.65. The molecule has 0 aliphatic carbocycles. The number of furan rings is 1. The van der Waals surface area contributed by atoms with Gasteiger partial charge in [-0.1, -0.05) is 118 Å². The Morgan fingerprint density at radius 3 is 2.11 bits per heavy atom. The molecule has 0 saturated carbocycles. The molecule has 6 heteroatoms. The van der Waals surface area contributed by atoms with E-state index in [2.05, 4.69) is 130 Å². The molecule has 3 aromatic heterocycles. The van der Waals surface area contributed by atoms with Gasteiger partial charge in [0, 0.05) is 43.8 Å². The molecule has 1 radical (unpaired) electrons. The van der Waals surface area contributed by atoms with Gasteiger partial charge in [0.05, 0.1) is 24.9 Å². The first kappa shape index (κ1) is 34.2. The standard InChI is InChI=1S/C30H33N2OSi.C11H8N.Ir/c1-19(2)22-11-10-12-23(20(3)4)29(22)32-27-14-9-8-13-26(27)31-30(32)25-18-33-28-16-15-21(17-24(25)28)34(5,6)7;1-2-6-10(7-3-1)11-8-4-5-9-12-11;/h8-17,19-20H,1-7H3;1-6,8-9H;/q2*-1;. The van der Waals surface area contributed by atoms with E-state index in [1.807, 2.05) is 42.5 Å². The monoisotopic (exact) mass is 812 g/mol. The van der Waals surface area contributed by atoms with Crippen LogP contribution in [0.2, 0.25) is 19.6 Å². The molecule has 4 aromatic carbocycles. The van der Waals surface area contributed by atoms with Gasteiger partial charge in [-0.25, -0.2) is 0 Å². The van der Waals surface area contributed by atoms with Crippen molar-refractivity contribution in [3.05, 3.63) is 133 Å². The fourth-order valence-corrected chi connectivity index (χ4v) is 7.03. The number of pyridine rings is 1. The molecule has 3 heterocycles. The molecule has 0 spiro atoms. The van der Waals surface area contributed by atoms with Crippen molar-refractivity contribution >= 4 is 35.3 Å². The summed E-state index contributed by atoms with van der Waals surface area (Å²) in [4.78, 5) is 9.38. The molecule has 0 aliphatic rings. The summed E-state index contributed by atoms with van der Waals surface area (Å²) < 4.78 is 8.30. The van der Waals surface area contributed by atoms with Gasteiger partial charge < -0.3 is 14.0 Å². The number of imidazole rings is 1. The number of nitrogens with zero attached hydrogens (tertiary/aromatic N) is 3. The maximum atomic E-state index is 5.95. The third-order valence-electron chi connectivity index (χ3n) is 8.38. The van der Waals surface area contributed by atoms with Crippen molar-refractivity contribution in [3.8, 4) is 28.3 Å². The van der Waals surface area contributed by atoms with Crippen LogP contribution in [0.4, 0.5) is 0 Å². The number of hydrogen-bond acceptors (Lipinski definition) is 3. The molecular formula is C41H41IrN3OSi-2. The molecular weight excluding hydrogens is 771 g/mol. The Bertz CT molecular complexity index is 2030. The first-order chi connectivity index (χ1) is 22.1. The Balaban J connectivity index is 0.000000280. The second-order valence-electron chi connectivity index (χ2n) is 13.4. The van der Waals surface area contributed by atoms with E-state index < -0.39 is 8.07 Å². The second-order valence-corrected chi connectivity index (χ2v) is 18.5. The number of fused-ring (bicyclic) bond motifs is 2. The predicted molar refractivity (Wildman–Crippen MR) is 195 cm³/mol. The van der Waals surface area contributed by atoms with Crippen molar-refractivity contribution < 1.29 is 24.5 Å². The van der Waals surface area contributed by atoms with Gasteiger partial charge >= 0.3 is 0 Å². The molecule has 0 atom stereocenters. The molecule has 0 bridgehead atoms. The fourth-order valence-electron chi connectivity index (χ4n) is 5.87. The summed E-state index contributed by atoms with van der Waals surface area (Å²) in [6.07, 6.45) is 5.02. The van der Waals surface area contributed by atoms with Crippen LogP contribution in [0.3, 0.4) is 0 Å². The Morgan fingerprint density at radius 2 is 1.47 bits per heavy atom. The van der Waals surface area contributed by atoms with Crippen LogP contribution in [0.15, 0.2) is 114 Å². The van der Waals surface area contributed by atoms with Crippen LogP contribution in [0.1, 0.15) is 50.7 Å². The number of benzene rings is 4. The van der Waals surface area contributed by atoms with E-state index in [9.17, 15) is 0 Å². The molecule has 0 unspecified atom stereocenters. The van der Waals surface area contributed by atoms with Crippen molar-refractivity contribution in [2.24, 2.45) is 0 Å². The van der Waals surface area contributed by atoms with Gasteiger partial charge in [-0.2, -0.15) is 0 Å². The van der Waals surface area contributed by atoms with Crippen LogP contribution in [-0.4, -0.2) is 22.6 Å². The van der Waals surface area contributed by atoms with Gasteiger partial charge in [-0.3, -0.25) is 4.98 Å². The zero-order chi connectivity index (χ0) is 32.4. The van der Waals surface area contributed by atoms with E-state index >= 15 is 0 Å². The SMILES string of the molecule is CC(C)c1cccc(C(C)C)c1-n1c(-c2[c-]oc3ccc([Si](C)(C)C)cc23)nc2ccccc21.[Ir].[c-]1ccccc1-c1ccccn1. The molecule has 7 rings (SSSR count). The van der Waals surface area contributed by atoms with E-state index in [1.165, 1.54) is 22.0 Å². The zero-order valence-corrected chi connectivity index (χ0v) is 31.5. The van der Waals surface area contributed by atoms with E-state index in [0.717, 1.165) is 44.6 Å². The predicted octanol–water partition coefficient (Wildman–Crippen LogP) is 10.6. The minimum atomic E-state index is -1.49. The largest absolute Gasteiger partial charge is 0.557 e. The molecule has 0 saturated heterocycles. The summed E-state index contributed by atoms with van der Waals surface area (Å²) in [6.45, 7) is 16.2. The van der Waals surface area contributed by atoms with E-state index in [-0.39, 0.29) is 20.1 Å². The van der Waals surface area contributed by atoms with Crippen molar-refractivity contribution in [1.29, 1.82) is 0 Å². The number of aromatic nitrogens is 3. The molecule has 241 valence electrons. The topological polar surface area (TPSA) is 43.9 Å². The maximum absolute atomic E-state index is 5.95. The molecule has 7 aromatic rings. The molecule has 0 aliphatic heterocycles. The first-order valence-electron chi connectivity index (χ1n) is 16.1. The smallest absolute Gasteiger partial charge is 0.0774 e. The van der Waals surface area contributed by atoms with Crippen LogP contribution >= 0.6 is 0 Å². The maximum Gasteiger partial charge on any atom is 0.0774 e. The number of hydrogen-bond donors (Lipinski definition) is 0. The molecule has 0 N–H and O–H groups in total. The molecule has 0 fully saturated rings. The third kappa shape index (κ3) is 7.11. The Hall–Kier alpha value is -4.09. The van der Waals surface area contributed by atoms with Gasteiger partial charge in [0.15, 0.2) is 0 Å². The van der Waals surface area contributed by atoms with E-state index in [1.54, 1.807) is 6.20 Å². The first-order valence-corrected chi connectivity index (χ1v) is 19.6. The van der Waals surface area contributed by atoms with Crippen LogP contribution < -0.4 is 5.19 Å². The Labute approximate surface area is 293 Å². The van der Waals surface area contributed by atoms with Crippen LogP contribution in [0, 0.1) is 12.3 Å². The number of rotatable bonds is 6. The van der Waals surface area contributed by atoms with Crippen LogP contribution in [-0.2, 0) is 20.1 Å². The van der Waals surface area contributed by atoms with Crippen LogP contribution in [0.5, 0.6) is 0 Å². The Morgan fingerprint density at radius 1 is 0.766 bits per heavy atom. The fraction of sp³-hybridized carbons (Fsp3) is 0.220. The number of para-hydroxylation sites is 3. The van der Waals surface area contributed by atoms with Crippen molar-refractivity contribution in [3.63, 3.8) is 0 Å². The van der Waals surface area contributed by atoms with Crippen molar-refractivity contribution in [1.82, 2.24) is 14.5 Å². The quantitative estimate of drug-likeness (QED) is 0.124. The average molecular weight is 812 g/mol. The van der Waals surface area contributed by atoms with Crippen LogP contribution in [0.25, 0.3) is 50.3 Å².